The average Bonchev–Trinajstić information content (AvgIpc) is 2.94. The van der Waals surface area contributed by atoms with Crippen LogP contribution in [0.4, 0.5) is 0 Å². The molecule has 0 bridgehead atoms. The summed E-state index contributed by atoms with van der Waals surface area (Å²) < 4.78 is 0. The van der Waals surface area contributed by atoms with E-state index in [1.54, 1.807) is 12.1 Å². The molecule has 0 amide bonds. The first-order valence-corrected chi connectivity index (χ1v) is 7.33. The van der Waals surface area contributed by atoms with Crippen LogP contribution in [-0.2, 0) is 17.7 Å². The molecule has 1 heterocycles. The van der Waals surface area contributed by atoms with Gasteiger partial charge in [-0.2, -0.15) is 0 Å². The van der Waals surface area contributed by atoms with Gasteiger partial charge in [0.2, 0.25) is 0 Å². The summed E-state index contributed by atoms with van der Waals surface area (Å²) >= 11 is 0. The van der Waals surface area contributed by atoms with Crippen molar-refractivity contribution in [3.63, 3.8) is 0 Å². The minimum atomic E-state index is 0. The summed E-state index contributed by atoms with van der Waals surface area (Å²) in [7, 11) is 0. The van der Waals surface area contributed by atoms with Gasteiger partial charge in [0, 0.05) is 12.8 Å². The molecule has 1 atom stereocenters. The fourth-order valence-corrected chi connectivity index (χ4v) is 2.62. The molecule has 0 radical (unpaired) electrons. The highest BCUT2D eigenvalue weighted by Crippen LogP contribution is 2.19. The summed E-state index contributed by atoms with van der Waals surface area (Å²) in [5.41, 5.74) is 3.52. The van der Waals surface area contributed by atoms with Crippen LogP contribution in [-0.4, -0.2) is 16.9 Å². The number of aryl methyl sites for hydroxylation is 1. The summed E-state index contributed by atoms with van der Waals surface area (Å²) in [5, 5.41) is 13.7. The van der Waals surface area contributed by atoms with Gasteiger partial charge in [-0.25, -0.2) is 0 Å². The van der Waals surface area contributed by atoms with E-state index < -0.39 is 0 Å². The van der Waals surface area contributed by atoms with Crippen LogP contribution >= 0.6 is 12.4 Å². The monoisotopic (exact) mass is 317 g/mol. The molecular weight excluding hydrogens is 298 g/mol. The van der Waals surface area contributed by atoms with Gasteiger partial charge in [-0.15, -0.1) is 12.4 Å². The zero-order valence-corrected chi connectivity index (χ0v) is 13.1. The largest absolute Gasteiger partial charge is 0.508 e. The minimum Gasteiger partial charge on any atom is -0.508 e. The summed E-state index contributed by atoms with van der Waals surface area (Å²) in [6.07, 6.45) is 3.73. The average molecular weight is 318 g/mol. The van der Waals surface area contributed by atoms with Gasteiger partial charge < -0.3 is 9.94 Å². The van der Waals surface area contributed by atoms with Gasteiger partial charge in [0.1, 0.15) is 11.9 Å². The molecule has 116 valence electrons. The lowest BCUT2D eigenvalue weighted by Crippen LogP contribution is -2.11. The van der Waals surface area contributed by atoms with Crippen molar-refractivity contribution in [1.29, 1.82) is 0 Å². The smallest absolute Gasteiger partial charge is 0.136 e. The third-order valence-corrected chi connectivity index (χ3v) is 3.71. The van der Waals surface area contributed by atoms with Gasteiger partial charge in [0.05, 0.1) is 5.71 Å². The SMILES string of the molecule is Cl.Oc1cccc(CCC2=NOC(Cc3ccccc3)C2)c1. The minimum absolute atomic E-state index is 0. The number of hydrogen-bond acceptors (Lipinski definition) is 3. The number of rotatable bonds is 5. The van der Waals surface area contributed by atoms with Crippen LogP contribution in [0.3, 0.4) is 0 Å². The number of phenolic OH excluding ortho intramolecular Hbond substituents is 1. The predicted molar refractivity (Wildman–Crippen MR) is 90.7 cm³/mol. The molecule has 0 aliphatic carbocycles. The van der Waals surface area contributed by atoms with E-state index in [2.05, 4.69) is 17.3 Å². The van der Waals surface area contributed by atoms with Crippen molar-refractivity contribution in [2.75, 3.05) is 0 Å². The summed E-state index contributed by atoms with van der Waals surface area (Å²) in [6, 6.07) is 17.8. The van der Waals surface area contributed by atoms with Crippen molar-refractivity contribution in [3.8, 4) is 5.75 Å². The van der Waals surface area contributed by atoms with Gasteiger partial charge in [0.25, 0.3) is 0 Å². The van der Waals surface area contributed by atoms with Crippen molar-refractivity contribution in [2.24, 2.45) is 5.16 Å². The van der Waals surface area contributed by atoms with E-state index >= 15 is 0 Å². The number of nitrogens with zero attached hydrogens (tertiary/aromatic N) is 1. The van der Waals surface area contributed by atoms with Crippen molar-refractivity contribution >= 4 is 18.1 Å². The van der Waals surface area contributed by atoms with Crippen molar-refractivity contribution in [1.82, 2.24) is 0 Å². The molecule has 3 rings (SSSR count). The number of oxime groups is 1. The standard InChI is InChI=1S/C18H19NO2.ClH/c20-17-8-4-7-15(11-17)9-10-16-13-18(21-19-16)12-14-5-2-1-3-6-14;/h1-8,11,18,20H,9-10,12-13H2;1H. The molecule has 1 unspecified atom stereocenters. The van der Waals surface area contributed by atoms with E-state index in [1.165, 1.54) is 5.56 Å². The molecular formula is C18H20ClNO2. The first-order chi connectivity index (χ1) is 10.3. The molecule has 0 aromatic heterocycles. The molecule has 1 aliphatic heterocycles. The maximum atomic E-state index is 9.46. The number of aromatic hydroxyl groups is 1. The first kappa shape index (κ1) is 16.4. The van der Waals surface area contributed by atoms with E-state index in [0.717, 1.165) is 37.0 Å². The molecule has 1 N–H and O–H groups in total. The molecule has 2 aromatic carbocycles. The fraction of sp³-hybridized carbons (Fsp3) is 0.278. The fourth-order valence-electron chi connectivity index (χ4n) is 2.62. The van der Waals surface area contributed by atoms with Gasteiger partial charge in [-0.05, 0) is 36.1 Å². The van der Waals surface area contributed by atoms with Crippen LogP contribution in [0.2, 0.25) is 0 Å². The van der Waals surface area contributed by atoms with Gasteiger partial charge in [-0.3, -0.25) is 0 Å². The number of halogens is 1. The Kier molecular flexibility index (Phi) is 5.84. The molecule has 22 heavy (non-hydrogen) atoms. The third kappa shape index (κ3) is 4.50. The lowest BCUT2D eigenvalue weighted by molar-refractivity contribution is 0.0859. The zero-order valence-electron chi connectivity index (χ0n) is 12.3. The lowest BCUT2D eigenvalue weighted by atomic mass is 10.0. The van der Waals surface area contributed by atoms with E-state index in [-0.39, 0.29) is 18.5 Å². The van der Waals surface area contributed by atoms with E-state index in [0.29, 0.717) is 5.75 Å². The number of phenols is 1. The molecule has 3 nitrogen and oxygen atoms in total. The second-order valence-corrected chi connectivity index (χ2v) is 5.45. The van der Waals surface area contributed by atoms with Crippen LogP contribution in [0.15, 0.2) is 59.8 Å². The quantitative estimate of drug-likeness (QED) is 0.900. The number of hydrogen-bond donors (Lipinski definition) is 1. The summed E-state index contributed by atoms with van der Waals surface area (Å²) in [6.45, 7) is 0. The summed E-state index contributed by atoms with van der Waals surface area (Å²) in [5.74, 6) is 0.319. The zero-order chi connectivity index (χ0) is 14.5. The van der Waals surface area contributed by atoms with Gasteiger partial charge in [-0.1, -0.05) is 47.6 Å². The van der Waals surface area contributed by atoms with E-state index in [9.17, 15) is 5.11 Å². The van der Waals surface area contributed by atoms with Crippen LogP contribution in [0.1, 0.15) is 24.0 Å². The number of benzene rings is 2. The lowest BCUT2D eigenvalue weighted by Gasteiger charge is -2.07. The third-order valence-electron chi connectivity index (χ3n) is 3.71. The first-order valence-electron chi connectivity index (χ1n) is 7.33. The molecule has 2 aromatic rings. The van der Waals surface area contributed by atoms with Gasteiger partial charge in [0.15, 0.2) is 0 Å². The Labute approximate surface area is 137 Å². The predicted octanol–water partition coefficient (Wildman–Crippen LogP) is 4.13. The Balaban J connectivity index is 0.00000176. The van der Waals surface area contributed by atoms with Crippen molar-refractivity contribution < 1.29 is 9.94 Å². The summed E-state index contributed by atoms with van der Waals surface area (Å²) in [4.78, 5) is 5.52. The van der Waals surface area contributed by atoms with Crippen LogP contribution < -0.4 is 0 Å². The Hall–Kier alpha value is -2.00. The maximum Gasteiger partial charge on any atom is 0.136 e. The topological polar surface area (TPSA) is 41.8 Å². The van der Waals surface area contributed by atoms with Crippen molar-refractivity contribution in [2.45, 2.75) is 31.8 Å². The van der Waals surface area contributed by atoms with Crippen LogP contribution in [0.5, 0.6) is 5.75 Å². The molecule has 1 aliphatic rings. The van der Waals surface area contributed by atoms with Crippen molar-refractivity contribution in [3.05, 3.63) is 65.7 Å². The Morgan fingerprint density at radius 3 is 2.55 bits per heavy atom. The van der Waals surface area contributed by atoms with Gasteiger partial charge >= 0.3 is 0 Å². The highest BCUT2D eigenvalue weighted by Gasteiger charge is 2.20. The molecule has 0 saturated carbocycles. The van der Waals surface area contributed by atoms with Crippen LogP contribution in [0.25, 0.3) is 0 Å². The van der Waals surface area contributed by atoms with E-state index in [4.69, 9.17) is 4.84 Å². The van der Waals surface area contributed by atoms with Crippen LogP contribution in [0, 0.1) is 0 Å². The Bertz CT molecular complexity index is 628. The highest BCUT2D eigenvalue weighted by atomic mass is 35.5. The highest BCUT2D eigenvalue weighted by molar-refractivity contribution is 5.85. The Morgan fingerprint density at radius 1 is 1.00 bits per heavy atom. The molecule has 4 heteroatoms. The Morgan fingerprint density at radius 2 is 1.77 bits per heavy atom. The second kappa shape index (κ2) is 7.85. The van der Waals surface area contributed by atoms with E-state index in [1.807, 2.05) is 30.3 Å². The molecule has 0 fully saturated rings. The second-order valence-electron chi connectivity index (χ2n) is 5.45. The maximum absolute atomic E-state index is 9.46. The molecule has 0 spiro atoms. The normalized spacial score (nSPS) is 16.5. The molecule has 0 saturated heterocycles.